The second-order valence-corrected chi connectivity index (χ2v) is 6.67. The van der Waals surface area contributed by atoms with Gasteiger partial charge in [0.1, 0.15) is 0 Å². The second kappa shape index (κ2) is 7.28. The van der Waals surface area contributed by atoms with Gasteiger partial charge in [0.05, 0.1) is 0 Å². The van der Waals surface area contributed by atoms with Crippen molar-refractivity contribution >= 4 is 5.69 Å². The van der Waals surface area contributed by atoms with Crippen molar-refractivity contribution in [3.63, 3.8) is 0 Å². The Labute approximate surface area is 129 Å². The molecule has 1 saturated heterocycles. The van der Waals surface area contributed by atoms with Crippen LogP contribution < -0.4 is 10.2 Å². The molecule has 0 radical (unpaired) electrons. The molecule has 21 heavy (non-hydrogen) atoms. The van der Waals surface area contributed by atoms with E-state index in [9.17, 15) is 0 Å². The Bertz CT molecular complexity index is 438. The molecule has 0 bridgehead atoms. The van der Waals surface area contributed by atoms with Gasteiger partial charge in [0.25, 0.3) is 0 Å². The molecular formula is C18H29N3. The van der Waals surface area contributed by atoms with Crippen LogP contribution in [0.3, 0.4) is 0 Å². The molecule has 0 spiro atoms. The Morgan fingerprint density at radius 2 is 1.95 bits per heavy atom. The van der Waals surface area contributed by atoms with Crippen molar-refractivity contribution in [1.29, 1.82) is 0 Å². The number of fused-ring (bicyclic) bond motifs is 1. The Hall–Kier alpha value is -1.06. The number of piperidine rings is 1. The minimum Gasteiger partial charge on any atom is -0.371 e. The van der Waals surface area contributed by atoms with E-state index in [0.717, 1.165) is 12.5 Å². The molecule has 2 heterocycles. The highest BCUT2D eigenvalue weighted by Crippen LogP contribution is 2.27. The predicted molar refractivity (Wildman–Crippen MR) is 90.1 cm³/mol. The quantitative estimate of drug-likeness (QED) is 0.810. The first-order valence-electron chi connectivity index (χ1n) is 8.55. The minimum absolute atomic E-state index is 0.897. The fraction of sp³-hybridized carbons (Fsp3) is 0.667. The molecule has 116 valence electrons. The SMILES string of the molecule is CN1CCC(CNCCCN2CCc3ccccc32)CC1. The number of nitrogens with zero attached hydrogens (tertiary/aromatic N) is 2. The number of anilines is 1. The van der Waals surface area contributed by atoms with E-state index in [1.54, 1.807) is 0 Å². The van der Waals surface area contributed by atoms with Crippen LogP contribution in [0.5, 0.6) is 0 Å². The molecule has 1 aromatic carbocycles. The van der Waals surface area contributed by atoms with Crippen molar-refractivity contribution in [3.8, 4) is 0 Å². The highest BCUT2D eigenvalue weighted by molar-refractivity contribution is 5.57. The summed E-state index contributed by atoms with van der Waals surface area (Å²) in [5, 5.41) is 3.67. The Morgan fingerprint density at radius 1 is 1.14 bits per heavy atom. The Balaban J connectivity index is 1.31. The summed E-state index contributed by atoms with van der Waals surface area (Å²) in [6, 6.07) is 8.86. The predicted octanol–water partition coefficient (Wildman–Crippen LogP) is 2.37. The van der Waals surface area contributed by atoms with Crippen molar-refractivity contribution in [3.05, 3.63) is 29.8 Å². The highest BCUT2D eigenvalue weighted by Gasteiger charge is 2.18. The number of likely N-dealkylation sites (tertiary alicyclic amines) is 1. The van der Waals surface area contributed by atoms with E-state index in [1.807, 2.05) is 0 Å². The summed E-state index contributed by atoms with van der Waals surface area (Å²) in [6.45, 7) is 7.31. The van der Waals surface area contributed by atoms with E-state index in [-0.39, 0.29) is 0 Å². The van der Waals surface area contributed by atoms with Gasteiger partial charge in [-0.2, -0.15) is 0 Å². The molecule has 0 aromatic heterocycles. The Kier molecular flexibility index (Phi) is 5.15. The van der Waals surface area contributed by atoms with Crippen molar-refractivity contribution in [2.24, 2.45) is 5.92 Å². The molecule has 0 aliphatic carbocycles. The largest absolute Gasteiger partial charge is 0.371 e. The van der Waals surface area contributed by atoms with Gasteiger partial charge in [-0.15, -0.1) is 0 Å². The van der Waals surface area contributed by atoms with Crippen LogP contribution in [0.2, 0.25) is 0 Å². The number of nitrogens with one attached hydrogen (secondary N) is 1. The van der Waals surface area contributed by atoms with Gasteiger partial charge in [-0.25, -0.2) is 0 Å². The maximum Gasteiger partial charge on any atom is 0.0399 e. The molecule has 1 fully saturated rings. The number of hydrogen-bond acceptors (Lipinski definition) is 3. The van der Waals surface area contributed by atoms with Gasteiger partial charge in [-0.3, -0.25) is 0 Å². The van der Waals surface area contributed by atoms with Gasteiger partial charge >= 0.3 is 0 Å². The van der Waals surface area contributed by atoms with Crippen LogP contribution in [0.1, 0.15) is 24.8 Å². The molecule has 1 N–H and O–H groups in total. The third-order valence-corrected chi connectivity index (χ3v) is 5.04. The standard InChI is InChI=1S/C18H29N3/c1-20-12-7-16(8-13-20)15-19-10-4-11-21-14-9-17-5-2-3-6-18(17)21/h2-3,5-6,16,19H,4,7-15H2,1H3. The molecule has 1 aromatic rings. The summed E-state index contributed by atoms with van der Waals surface area (Å²) in [6.07, 6.45) is 5.20. The van der Waals surface area contributed by atoms with Crippen molar-refractivity contribution in [2.75, 3.05) is 51.2 Å². The van der Waals surface area contributed by atoms with Crippen molar-refractivity contribution in [2.45, 2.75) is 25.7 Å². The average Bonchev–Trinajstić information content (AvgIpc) is 2.92. The third kappa shape index (κ3) is 3.98. The van der Waals surface area contributed by atoms with E-state index >= 15 is 0 Å². The van der Waals surface area contributed by atoms with Gasteiger partial charge in [0, 0.05) is 18.8 Å². The number of benzene rings is 1. The molecule has 2 aliphatic rings. The molecule has 0 saturated carbocycles. The summed E-state index contributed by atoms with van der Waals surface area (Å²) >= 11 is 0. The minimum atomic E-state index is 0.897. The smallest absolute Gasteiger partial charge is 0.0399 e. The molecular weight excluding hydrogens is 258 g/mol. The van der Waals surface area contributed by atoms with Gasteiger partial charge < -0.3 is 15.1 Å². The summed E-state index contributed by atoms with van der Waals surface area (Å²) < 4.78 is 0. The summed E-state index contributed by atoms with van der Waals surface area (Å²) in [5.41, 5.74) is 2.99. The van der Waals surface area contributed by atoms with Gasteiger partial charge in [0.15, 0.2) is 0 Å². The number of para-hydroxylation sites is 1. The average molecular weight is 287 g/mol. The van der Waals surface area contributed by atoms with Crippen molar-refractivity contribution in [1.82, 2.24) is 10.2 Å². The van der Waals surface area contributed by atoms with Crippen LogP contribution in [0, 0.1) is 5.92 Å². The van der Waals surface area contributed by atoms with E-state index in [0.29, 0.717) is 0 Å². The zero-order chi connectivity index (χ0) is 14.5. The number of rotatable bonds is 6. The summed E-state index contributed by atoms with van der Waals surface area (Å²) in [5.74, 6) is 0.897. The van der Waals surface area contributed by atoms with Gasteiger partial charge in [0.2, 0.25) is 0 Å². The molecule has 3 heteroatoms. The first kappa shape index (κ1) is 14.9. The first-order valence-corrected chi connectivity index (χ1v) is 8.55. The monoisotopic (exact) mass is 287 g/mol. The molecule has 3 nitrogen and oxygen atoms in total. The zero-order valence-electron chi connectivity index (χ0n) is 13.4. The lowest BCUT2D eigenvalue weighted by molar-refractivity contribution is 0.216. The zero-order valence-corrected chi connectivity index (χ0v) is 13.4. The Morgan fingerprint density at radius 3 is 2.81 bits per heavy atom. The number of hydrogen-bond donors (Lipinski definition) is 1. The maximum absolute atomic E-state index is 3.67. The summed E-state index contributed by atoms with van der Waals surface area (Å²) in [7, 11) is 2.23. The topological polar surface area (TPSA) is 18.5 Å². The molecule has 0 amide bonds. The lowest BCUT2D eigenvalue weighted by Crippen LogP contribution is -2.35. The third-order valence-electron chi connectivity index (χ3n) is 5.04. The molecule has 0 unspecified atom stereocenters. The fourth-order valence-corrected chi connectivity index (χ4v) is 3.61. The normalized spacial score (nSPS) is 20.0. The summed E-state index contributed by atoms with van der Waals surface area (Å²) in [4.78, 5) is 4.99. The first-order chi connectivity index (χ1) is 10.3. The van der Waals surface area contributed by atoms with E-state index in [2.05, 4.69) is 46.4 Å². The molecule has 3 rings (SSSR count). The fourth-order valence-electron chi connectivity index (χ4n) is 3.61. The highest BCUT2D eigenvalue weighted by atomic mass is 15.1. The van der Waals surface area contributed by atoms with Crippen LogP contribution >= 0.6 is 0 Å². The molecule has 0 atom stereocenters. The van der Waals surface area contributed by atoms with Gasteiger partial charge in [-0.1, -0.05) is 18.2 Å². The second-order valence-electron chi connectivity index (χ2n) is 6.67. The lowest BCUT2D eigenvalue weighted by atomic mass is 9.97. The van der Waals surface area contributed by atoms with Crippen LogP contribution in [0.25, 0.3) is 0 Å². The van der Waals surface area contributed by atoms with Crippen LogP contribution in [0.4, 0.5) is 5.69 Å². The van der Waals surface area contributed by atoms with Crippen LogP contribution in [-0.2, 0) is 6.42 Å². The maximum atomic E-state index is 3.67. The van der Waals surface area contributed by atoms with E-state index in [4.69, 9.17) is 0 Å². The van der Waals surface area contributed by atoms with Crippen LogP contribution in [0.15, 0.2) is 24.3 Å². The van der Waals surface area contributed by atoms with E-state index in [1.165, 1.54) is 69.7 Å². The molecule has 2 aliphatic heterocycles. The lowest BCUT2D eigenvalue weighted by Gasteiger charge is -2.29. The van der Waals surface area contributed by atoms with Crippen molar-refractivity contribution < 1.29 is 0 Å². The van der Waals surface area contributed by atoms with Crippen LogP contribution in [-0.4, -0.2) is 51.2 Å². The van der Waals surface area contributed by atoms with E-state index < -0.39 is 0 Å². The van der Waals surface area contributed by atoms with Gasteiger partial charge in [-0.05, 0) is 76.5 Å².